The standard InChI is InChI=1S/C10H10N.2ClH.Zr/c1-6-4-9-7(2)8(3)11-10(9)5-6;;;/h5H,1-3H3;2*1H;/q;;;+2/p-2. The molecule has 0 saturated heterocycles. The van der Waals surface area contributed by atoms with Gasteiger partial charge in [-0.15, -0.1) is 0 Å². The zero-order valence-corrected chi connectivity index (χ0v) is 12.3. The monoisotopic (exact) mass is 304 g/mol. The van der Waals surface area contributed by atoms with Gasteiger partial charge in [-0.25, -0.2) is 0 Å². The molecule has 0 bridgehead atoms. The first-order valence-corrected chi connectivity index (χ1v) is 5.25. The van der Waals surface area contributed by atoms with Crippen LogP contribution in [0.1, 0.15) is 20.8 Å². The van der Waals surface area contributed by atoms with Crippen LogP contribution >= 0.6 is 0 Å². The summed E-state index contributed by atoms with van der Waals surface area (Å²) in [6.45, 7) is 6.41. The summed E-state index contributed by atoms with van der Waals surface area (Å²) in [5.74, 6) is 0. The Morgan fingerprint density at radius 3 is 2.21 bits per heavy atom. The Balaban J connectivity index is 0.000000845. The van der Waals surface area contributed by atoms with E-state index >= 15 is 0 Å². The number of rotatable bonds is 0. The van der Waals surface area contributed by atoms with E-state index in [9.17, 15) is 0 Å². The van der Waals surface area contributed by atoms with Crippen molar-refractivity contribution in [2.24, 2.45) is 4.99 Å². The minimum Gasteiger partial charge on any atom is -1.00 e. The maximum absolute atomic E-state index is 4.51. The minimum atomic E-state index is 0. The number of allylic oxidation sites excluding steroid dienone is 4. The van der Waals surface area contributed by atoms with E-state index in [0.29, 0.717) is 0 Å². The second-order valence-electron chi connectivity index (χ2n) is 3.28. The van der Waals surface area contributed by atoms with E-state index in [1.807, 2.05) is 0 Å². The van der Waals surface area contributed by atoms with Crippen LogP contribution < -0.4 is 24.8 Å². The SMILES string of the molecule is CC1=NC2=CC(C)=[C]([Zr+2])C2=C1C.[Cl-].[Cl-]. The van der Waals surface area contributed by atoms with E-state index < -0.39 is 0 Å². The Bertz CT molecular complexity index is 389. The molecule has 2 rings (SSSR count). The molecule has 0 atom stereocenters. The van der Waals surface area contributed by atoms with Gasteiger partial charge in [0, 0.05) is 0 Å². The Hall–Kier alpha value is 0.353. The van der Waals surface area contributed by atoms with Gasteiger partial charge in [0.1, 0.15) is 0 Å². The number of halogens is 2. The van der Waals surface area contributed by atoms with Crippen LogP contribution in [0.5, 0.6) is 0 Å². The maximum Gasteiger partial charge on any atom is -1.00 e. The molecule has 0 spiro atoms. The third kappa shape index (κ3) is 1.98. The molecule has 0 radical (unpaired) electrons. The topological polar surface area (TPSA) is 12.4 Å². The minimum absolute atomic E-state index is 0. The molecular weight excluding hydrogens is 296 g/mol. The van der Waals surface area contributed by atoms with Crippen LogP contribution in [0, 0.1) is 0 Å². The number of aliphatic imine (C=N–C) groups is 1. The molecule has 1 aliphatic carbocycles. The molecule has 0 saturated carbocycles. The molecule has 0 aromatic rings. The predicted octanol–water partition coefficient (Wildman–Crippen LogP) is -3.50. The summed E-state index contributed by atoms with van der Waals surface area (Å²) < 4.78 is 1.48. The van der Waals surface area contributed by atoms with Gasteiger partial charge < -0.3 is 24.8 Å². The molecule has 0 unspecified atom stereocenters. The van der Waals surface area contributed by atoms with Gasteiger partial charge >= 0.3 is 88.0 Å². The second kappa shape index (κ2) is 4.92. The summed E-state index contributed by atoms with van der Waals surface area (Å²) in [7, 11) is 0. The number of fused-ring (bicyclic) bond motifs is 1. The van der Waals surface area contributed by atoms with Crippen molar-refractivity contribution in [3.63, 3.8) is 0 Å². The van der Waals surface area contributed by atoms with Crippen molar-refractivity contribution in [1.29, 1.82) is 0 Å². The molecule has 0 aromatic carbocycles. The van der Waals surface area contributed by atoms with Crippen molar-refractivity contribution in [3.05, 3.63) is 31.8 Å². The van der Waals surface area contributed by atoms with Gasteiger partial charge in [0.25, 0.3) is 0 Å². The molecule has 0 fully saturated rings. The quantitative estimate of drug-likeness (QED) is 0.441. The summed E-state index contributed by atoms with van der Waals surface area (Å²) in [5, 5.41) is 0. The zero-order valence-electron chi connectivity index (χ0n) is 8.28. The van der Waals surface area contributed by atoms with Gasteiger partial charge in [-0.2, -0.15) is 0 Å². The van der Waals surface area contributed by atoms with Gasteiger partial charge in [-0.1, -0.05) is 0 Å². The summed E-state index contributed by atoms with van der Waals surface area (Å²) >= 11 is 1.50. The van der Waals surface area contributed by atoms with Gasteiger partial charge in [0.2, 0.25) is 0 Å². The van der Waals surface area contributed by atoms with E-state index in [1.165, 1.54) is 56.1 Å². The third-order valence-electron chi connectivity index (χ3n) is 2.46. The van der Waals surface area contributed by atoms with Gasteiger partial charge in [-0.3, -0.25) is 0 Å². The van der Waals surface area contributed by atoms with Crippen molar-refractivity contribution in [2.75, 3.05) is 0 Å². The molecule has 1 nitrogen and oxygen atoms in total. The Morgan fingerprint density at radius 2 is 1.71 bits per heavy atom. The van der Waals surface area contributed by atoms with E-state index in [-0.39, 0.29) is 24.8 Å². The number of hydrogen-bond acceptors (Lipinski definition) is 1. The van der Waals surface area contributed by atoms with Gasteiger partial charge in [-0.05, 0) is 0 Å². The summed E-state index contributed by atoms with van der Waals surface area (Å²) in [4.78, 5) is 4.51. The van der Waals surface area contributed by atoms with Crippen LogP contribution in [-0.2, 0) is 24.7 Å². The van der Waals surface area contributed by atoms with E-state index in [4.69, 9.17) is 0 Å². The van der Waals surface area contributed by atoms with Crippen LogP contribution in [0.3, 0.4) is 0 Å². The maximum atomic E-state index is 4.51. The average Bonchev–Trinajstić information content (AvgIpc) is 2.40. The largest absolute Gasteiger partial charge is 1.00 e. The van der Waals surface area contributed by atoms with Crippen LogP contribution in [-0.4, -0.2) is 5.71 Å². The molecule has 0 N–H and O–H groups in total. The number of hydrogen-bond donors (Lipinski definition) is 0. The average molecular weight is 306 g/mol. The summed E-state index contributed by atoms with van der Waals surface area (Å²) in [5.41, 5.74) is 6.54. The first-order chi connectivity index (χ1) is 5.61. The molecule has 14 heavy (non-hydrogen) atoms. The van der Waals surface area contributed by atoms with Crippen LogP contribution in [0.2, 0.25) is 0 Å². The van der Waals surface area contributed by atoms with Crippen molar-refractivity contribution >= 4 is 5.71 Å². The predicted molar refractivity (Wildman–Crippen MR) is 46.6 cm³/mol. The Labute approximate surface area is 112 Å². The molecule has 0 amide bonds. The molecular formula is C10H10Cl2NZr. The molecule has 0 aromatic heterocycles. The fourth-order valence-electron chi connectivity index (χ4n) is 1.59. The smallest absolute Gasteiger partial charge is 1.00 e. The fourth-order valence-corrected chi connectivity index (χ4v) is 2.54. The third-order valence-corrected chi connectivity index (χ3v) is 4.04. The fraction of sp³-hybridized carbons (Fsp3) is 0.300. The van der Waals surface area contributed by atoms with Crippen molar-refractivity contribution in [3.8, 4) is 0 Å². The zero-order chi connectivity index (χ0) is 8.88. The van der Waals surface area contributed by atoms with Crippen molar-refractivity contribution in [2.45, 2.75) is 20.8 Å². The van der Waals surface area contributed by atoms with Crippen molar-refractivity contribution < 1.29 is 49.5 Å². The normalized spacial score (nSPS) is 18.6. The second-order valence-corrected chi connectivity index (χ2v) is 4.51. The van der Waals surface area contributed by atoms with E-state index in [1.54, 1.807) is 0 Å². The van der Waals surface area contributed by atoms with Crippen molar-refractivity contribution in [1.82, 2.24) is 0 Å². The van der Waals surface area contributed by atoms with Crippen LogP contribution in [0.4, 0.5) is 0 Å². The van der Waals surface area contributed by atoms with Gasteiger partial charge in [0.05, 0.1) is 0 Å². The summed E-state index contributed by atoms with van der Waals surface area (Å²) in [6.07, 6.45) is 2.19. The molecule has 1 aliphatic heterocycles. The summed E-state index contributed by atoms with van der Waals surface area (Å²) in [6, 6.07) is 0. The molecule has 4 heteroatoms. The molecule has 2 aliphatic rings. The first kappa shape index (κ1) is 14.4. The van der Waals surface area contributed by atoms with E-state index in [0.717, 1.165) is 0 Å². The molecule has 1 heterocycles. The number of nitrogens with zero attached hydrogens (tertiary/aromatic N) is 1. The Morgan fingerprint density at radius 1 is 1.14 bits per heavy atom. The molecule has 73 valence electrons. The first-order valence-electron chi connectivity index (χ1n) is 4.02. The van der Waals surface area contributed by atoms with Gasteiger partial charge in [0.15, 0.2) is 0 Å². The van der Waals surface area contributed by atoms with E-state index in [2.05, 4.69) is 31.8 Å². The van der Waals surface area contributed by atoms with Crippen LogP contribution in [0.15, 0.2) is 36.8 Å². The van der Waals surface area contributed by atoms with Crippen LogP contribution in [0.25, 0.3) is 0 Å². The Kier molecular flexibility index (Phi) is 5.04.